The summed E-state index contributed by atoms with van der Waals surface area (Å²) in [6.45, 7) is 19.0. The number of fused-ring (bicyclic) bond motifs is 7. The van der Waals surface area contributed by atoms with E-state index in [2.05, 4.69) is 10.3 Å². The number of phosphoric ester groups is 1. The Kier molecular flexibility index (Phi) is 22.6. The van der Waals surface area contributed by atoms with Crippen molar-refractivity contribution >= 4 is 77.3 Å². The minimum atomic E-state index is -5.32. The molecular weight excluding hydrogens is 1250 g/mol. The van der Waals surface area contributed by atoms with Gasteiger partial charge in [0.25, 0.3) is 7.82 Å². The van der Waals surface area contributed by atoms with Crippen LogP contribution in [0, 0.1) is 66.6 Å². The van der Waals surface area contributed by atoms with E-state index in [1.54, 1.807) is 6.92 Å². The first-order valence-corrected chi connectivity index (χ1v) is 32.0. The molecule has 506 valence electrons. The summed E-state index contributed by atoms with van der Waals surface area (Å²) >= 11 is 0. The van der Waals surface area contributed by atoms with Crippen LogP contribution < -0.4 is 44.6 Å². The number of ether oxygens (including phenoxy) is 1. The quantitative estimate of drug-likeness (QED) is 0.0478. The first kappa shape index (κ1) is 74.5. The predicted octanol–water partition coefficient (Wildman–Crippen LogP) is 3.76. The van der Waals surface area contributed by atoms with E-state index in [1.165, 1.54) is 17.8 Å². The number of amides is 7. The zero-order valence-electron chi connectivity index (χ0n) is 54.5. The summed E-state index contributed by atoms with van der Waals surface area (Å²) in [6.07, 6.45) is -4.79. The number of nitrogens with one attached hydrogen (secondary N) is 1. The van der Waals surface area contributed by atoms with Crippen molar-refractivity contribution in [1.29, 1.82) is 0 Å². The molecule has 92 heavy (non-hydrogen) atoms. The number of primary amides is 6. The number of rotatable bonds is 26. The predicted molar refractivity (Wildman–Crippen MR) is 338 cm³/mol. The molecule has 7 amide bonds. The van der Waals surface area contributed by atoms with Crippen LogP contribution in [0.15, 0.2) is 67.8 Å². The van der Waals surface area contributed by atoms with Gasteiger partial charge in [0.05, 0.1) is 41.7 Å². The van der Waals surface area contributed by atoms with Gasteiger partial charge in [0.2, 0.25) is 41.4 Å². The normalized spacial score (nSPS) is 32.9. The number of hydrogen-bond donors (Lipinski definition) is 9. The van der Waals surface area contributed by atoms with Gasteiger partial charge in [-0.25, -0.2) is 4.98 Å². The van der Waals surface area contributed by atoms with Crippen LogP contribution in [0.3, 0.4) is 0 Å². The Hall–Kier alpha value is -6.49. The zero-order valence-corrected chi connectivity index (χ0v) is 56.4. The fraction of sp³-hybridized carbons (Fsp3) is 0.619. The molecule has 0 spiro atoms. The van der Waals surface area contributed by atoms with Gasteiger partial charge in [-0.15, -0.1) is 5.70 Å². The molecule has 27 nitrogen and oxygen atoms in total. The number of aliphatic hydroxyl groups excluding tert-OH is 2. The Morgan fingerprint density at radius 3 is 1.98 bits per heavy atom. The molecule has 7 heterocycles. The van der Waals surface area contributed by atoms with E-state index in [4.69, 9.17) is 68.5 Å². The molecule has 6 aliphatic heterocycles. The molecule has 15 N–H and O–H groups in total. The topological polar surface area (TPSA) is 465 Å². The van der Waals surface area contributed by atoms with E-state index in [0.717, 1.165) is 11.1 Å². The number of aliphatic hydroxyl groups is 2. The molecule has 6 aliphatic rings. The second-order valence-electron chi connectivity index (χ2n) is 27.0. The number of nitrogens with zero attached hydrogens (tertiary/aromatic N) is 6. The second-order valence-corrected chi connectivity index (χ2v) is 28.3. The third kappa shape index (κ3) is 14.1. The van der Waals surface area contributed by atoms with Crippen molar-refractivity contribution in [1.82, 2.24) is 14.9 Å². The van der Waals surface area contributed by atoms with Gasteiger partial charge in [0.1, 0.15) is 18.3 Å². The minimum absolute atomic E-state index is 0. The van der Waals surface area contributed by atoms with Crippen LogP contribution >= 0.6 is 7.82 Å². The van der Waals surface area contributed by atoms with Gasteiger partial charge < -0.3 is 85.9 Å². The molecule has 0 radical (unpaired) electrons. The number of allylic oxidation sites excluding steroid dienone is 6. The number of phosphoric acid groups is 1. The van der Waals surface area contributed by atoms with Crippen LogP contribution in [-0.2, 0) is 68.7 Å². The van der Waals surface area contributed by atoms with Crippen molar-refractivity contribution in [3.63, 3.8) is 0 Å². The summed E-state index contributed by atoms with van der Waals surface area (Å²) < 4.78 is 31.9. The fourth-order valence-electron chi connectivity index (χ4n) is 15.3. The summed E-state index contributed by atoms with van der Waals surface area (Å²) in [4.78, 5) is 128. The summed E-state index contributed by atoms with van der Waals surface area (Å²) in [7, 11) is -5.32. The Labute approximate surface area is 547 Å². The Morgan fingerprint density at radius 2 is 1.40 bits per heavy atom. The van der Waals surface area contributed by atoms with Gasteiger partial charge in [0.15, 0.2) is 6.23 Å². The van der Waals surface area contributed by atoms with Crippen LogP contribution in [-0.4, -0.2) is 127 Å². The maximum Gasteiger partial charge on any atom is 3.00 e. The third-order valence-electron chi connectivity index (χ3n) is 20.5. The molecule has 15 atom stereocenters. The first-order chi connectivity index (χ1) is 41.8. The largest absolute Gasteiger partial charge is 3.00 e. The summed E-state index contributed by atoms with van der Waals surface area (Å²) in [5.74, 6) is -7.40. The number of hydrogen-bond acceptors (Lipinski definition) is 18. The van der Waals surface area contributed by atoms with Gasteiger partial charge in [-0.2, -0.15) is 5.70 Å². The van der Waals surface area contributed by atoms with Crippen LogP contribution in [0.2, 0.25) is 0 Å². The minimum Gasteiger partial charge on any atom is -0.756 e. The van der Waals surface area contributed by atoms with Crippen LogP contribution in [0.1, 0.15) is 150 Å². The summed E-state index contributed by atoms with van der Waals surface area (Å²) in [6, 6.07) is 2.65. The summed E-state index contributed by atoms with van der Waals surface area (Å²) in [5, 5.41) is 29.8. The average Bonchev–Trinajstić information content (AvgIpc) is 1.53. The van der Waals surface area contributed by atoms with E-state index < -0.39 is 143 Å². The number of benzene rings is 1. The van der Waals surface area contributed by atoms with Crippen molar-refractivity contribution < 1.29 is 83.8 Å². The second kappa shape index (κ2) is 27.8. The van der Waals surface area contributed by atoms with Crippen LogP contribution in [0.4, 0.5) is 0 Å². The Bertz CT molecular complexity index is 3540. The van der Waals surface area contributed by atoms with Gasteiger partial charge in [0, 0.05) is 108 Å². The summed E-state index contributed by atoms with van der Waals surface area (Å²) in [5.41, 5.74) is 36.7. The van der Waals surface area contributed by atoms with Gasteiger partial charge in [-0.1, -0.05) is 40.7 Å². The Balaban J connectivity index is 0.00000672. The number of aliphatic imine (C=N–C) groups is 3. The van der Waals surface area contributed by atoms with E-state index in [-0.39, 0.29) is 101 Å². The van der Waals surface area contributed by atoms with Crippen molar-refractivity contribution in [2.24, 2.45) is 94.7 Å². The molecule has 1 aromatic carbocycles. The molecule has 8 bridgehead atoms. The third-order valence-corrected chi connectivity index (χ3v) is 21.6. The van der Waals surface area contributed by atoms with Crippen LogP contribution in [0.5, 0.6) is 0 Å². The molecule has 2 aromatic rings. The van der Waals surface area contributed by atoms with E-state index in [1.807, 2.05) is 80.5 Å². The molecular formula is C63H91CoN13O14P. The fourth-order valence-corrected chi connectivity index (χ4v) is 16.4. The van der Waals surface area contributed by atoms with Gasteiger partial charge in [-0.3, -0.25) is 53.1 Å². The van der Waals surface area contributed by atoms with Gasteiger partial charge in [-0.05, 0) is 113 Å². The van der Waals surface area contributed by atoms with Gasteiger partial charge >= 0.3 is 16.8 Å². The number of imidazole rings is 1. The molecule has 2 saturated heterocycles. The molecule has 29 heteroatoms. The maximum absolute atomic E-state index is 14.4. The standard InChI is InChI=1S/C62H90N13O14P.CH3.Co/c1-29-20-39-40(21-30(29)2)75(28-70-39)57-52(84)53(41(27-76)87-57)89-90(85,86)88-31(3)26-69-49(83)18-19-59(8)37(22-46(66)80)56-62(11)61(10,25-48(68)82)36(14-17-45(65)79)51(74-62)33(5)55-60(9,24-47(67)81)34(12-15-43(63)77)38(71-55)23-42-58(6,7)35(13-16-44(64)78)50(72-42)32(4)54(59)73-56;;/h20-21,23,28,31,34-37,41,52-53,56-57,76,84H,12-19,22,24-27H2,1-11H3,(H15,63,64,65,66,67,68,69,71,72,73,74,77,78,79,80,81,82,83,85,86);1H3;/q;-1;+3/p-2/t31?,34?,35?,36?,37?,41-,52-,53-,56?,57-,59?,60?,61?,62?;;/m1../s1. The average molecular weight is 1340 g/mol. The monoisotopic (exact) mass is 1340 g/mol. The number of carbonyl (C=O) groups excluding carboxylic acids is 7. The molecule has 11 unspecified atom stereocenters. The SMILES string of the molecule is C/C1=C2/N=C(C=C3[N-]/C(=C(/C)C4=NC(C)(C5N=C1C(C)(CCC(=O)NCC(C)OP(=O)([O-])O[C@H]1[C@@H](O)[C@H](n6cnc7cc(C)c(C)cc76)O[C@@H]1CO)C5CC(N)=O)C(C)(CC(N)=O)C4CCC(N)=O)C(C)(CC(N)=O)C3CCC(N)=O)C(C)(C)C2CCC(N)=O.[CH3-].[Co+3]. The van der Waals surface area contributed by atoms with E-state index in [9.17, 15) is 53.2 Å². The molecule has 8 rings (SSSR count). The van der Waals surface area contributed by atoms with Crippen molar-refractivity contribution in [2.75, 3.05) is 13.2 Å². The molecule has 2 fully saturated rings. The smallest absolute Gasteiger partial charge is 0.756 e. The van der Waals surface area contributed by atoms with Crippen molar-refractivity contribution in [3.8, 4) is 0 Å². The molecule has 0 saturated carbocycles. The van der Waals surface area contributed by atoms with E-state index >= 15 is 0 Å². The maximum atomic E-state index is 14.4. The first-order valence-electron chi connectivity index (χ1n) is 30.5. The number of aryl methyl sites for hydroxylation is 2. The number of aromatic nitrogens is 2. The Morgan fingerprint density at radius 1 is 0.815 bits per heavy atom. The van der Waals surface area contributed by atoms with E-state index in [0.29, 0.717) is 56.4 Å². The van der Waals surface area contributed by atoms with Crippen LogP contribution in [0.25, 0.3) is 16.4 Å². The van der Waals surface area contributed by atoms with Crippen molar-refractivity contribution in [2.45, 2.75) is 189 Å². The van der Waals surface area contributed by atoms with Crippen molar-refractivity contribution in [3.05, 3.63) is 76.6 Å². The molecule has 1 aromatic heterocycles. The molecule has 0 aliphatic carbocycles. The zero-order chi connectivity index (χ0) is 66.7. The number of nitrogens with two attached hydrogens (primary N) is 6. The number of carbonyl (C=O) groups is 7.